The molecule has 0 aromatic carbocycles. The number of nitrogens with zero attached hydrogens (tertiary/aromatic N) is 2. The van der Waals surface area contributed by atoms with Gasteiger partial charge in [0.1, 0.15) is 0 Å². The van der Waals surface area contributed by atoms with Gasteiger partial charge in [-0.15, -0.1) is 23.7 Å². The quantitative estimate of drug-likeness (QED) is 0.873. The minimum Gasteiger partial charge on any atom is -0.351 e. The van der Waals surface area contributed by atoms with Gasteiger partial charge in [0.2, 0.25) is 5.89 Å². The lowest BCUT2D eigenvalue weighted by Crippen LogP contribution is -2.44. The second-order valence-corrected chi connectivity index (χ2v) is 5.95. The largest absolute Gasteiger partial charge is 0.351 e. The zero-order valence-corrected chi connectivity index (χ0v) is 13.0. The molecule has 114 valence electrons. The molecule has 2 heterocycles. The molecule has 6 nitrogen and oxygen atoms in total. The molecule has 0 aliphatic heterocycles. The van der Waals surface area contributed by atoms with Crippen LogP contribution in [0, 0.1) is 0 Å². The van der Waals surface area contributed by atoms with Gasteiger partial charge in [-0.25, -0.2) is 0 Å². The number of rotatable bonds is 5. The van der Waals surface area contributed by atoms with Crippen LogP contribution in [0.4, 0.5) is 0 Å². The topological polar surface area (TPSA) is 94.0 Å². The fourth-order valence-corrected chi connectivity index (χ4v) is 2.76. The summed E-state index contributed by atoms with van der Waals surface area (Å²) in [7, 11) is 0. The standard InChI is InChI=1S/C13H16N4O2S.ClH/c14-13(5-2-6-13)12-16-10(19-17-12)4-7-15-11(18)9-3-1-8-20-9;/h1,3,8H,2,4-7,14H2,(H,15,18);1H. The van der Waals surface area contributed by atoms with Gasteiger partial charge in [-0.2, -0.15) is 4.98 Å². The molecule has 1 fully saturated rings. The lowest BCUT2D eigenvalue weighted by Gasteiger charge is -2.34. The van der Waals surface area contributed by atoms with Gasteiger partial charge in [0.25, 0.3) is 5.91 Å². The Bertz CT molecular complexity index is 595. The number of amides is 1. The van der Waals surface area contributed by atoms with Crippen LogP contribution in [-0.4, -0.2) is 22.6 Å². The van der Waals surface area contributed by atoms with Crippen molar-refractivity contribution in [1.82, 2.24) is 15.5 Å². The lowest BCUT2D eigenvalue weighted by molar-refractivity contribution is 0.0957. The van der Waals surface area contributed by atoms with Crippen molar-refractivity contribution < 1.29 is 9.32 Å². The molecule has 0 radical (unpaired) electrons. The van der Waals surface area contributed by atoms with Gasteiger partial charge in [0.15, 0.2) is 5.82 Å². The average Bonchev–Trinajstić information content (AvgIpc) is 3.07. The molecule has 3 N–H and O–H groups in total. The van der Waals surface area contributed by atoms with Crippen molar-refractivity contribution in [1.29, 1.82) is 0 Å². The number of aromatic nitrogens is 2. The molecule has 1 aliphatic carbocycles. The molecule has 1 aliphatic rings. The number of halogens is 1. The van der Waals surface area contributed by atoms with Crippen molar-refractivity contribution in [3.8, 4) is 0 Å². The second kappa shape index (κ2) is 6.55. The van der Waals surface area contributed by atoms with E-state index in [0.717, 1.165) is 19.3 Å². The van der Waals surface area contributed by atoms with Crippen LogP contribution in [-0.2, 0) is 12.0 Å². The van der Waals surface area contributed by atoms with E-state index in [1.807, 2.05) is 11.4 Å². The van der Waals surface area contributed by atoms with Crippen LogP contribution in [0.2, 0.25) is 0 Å². The van der Waals surface area contributed by atoms with E-state index in [2.05, 4.69) is 15.5 Å². The third-order valence-electron chi connectivity index (χ3n) is 3.53. The molecule has 0 unspecified atom stereocenters. The summed E-state index contributed by atoms with van der Waals surface area (Å²) in [6, 6.07) is 3.64. The molecule has 0 atom stereocenters. The summed E-state index contributed by atoms with van der Waals surface area (Å²) in [6.45, 7) is 0.468. The van der Waals surface area contributed by atoms with E-state index in [9.17, 15) is 4.79 Å². The number of nitrogens with one attached hydrogen (secondary N) is 1. The van der Waals surface area contributed by atoms with Crippen LogP contribution < -0.4 is 11.1 Å². The Morgan fingerprint density at radius 3 is 2.95 bits per heavy atom. The first kappa shape index (κ1) is 15.9. The first-order valence-corrected chi connectivity index (χ1v) is 7.49. The summed E-state index contributed by atoms with van der Waals surface area (Å²) in [4.78, 5) is 16.7. The van der Waals surface area contributed by atoms with E-state index in [-0.39, 0.29) is 18.3 Å². The zero-order valence-electron chi connectivity index (χ0n) is 11.4. The van der Waals surface area contributed by atoms with Crippen molar-refractivity contribution >= 4 is 29.7 Å². The lowest BCUT2D eigenvalue weighted by atomic mass is 9.77. The number of carbonyl (C=O) groups is 1. The predicted octanol–water partition coefficient (Wildman–Crippen LogP) is 1.86. The molecule has 3 rings (SSSR count). The summed E-state index contributed by atoms with van der Waals surface area (Å²) in [5, 5.41) is 8.63. The van der Waals surface area contributed by atoms with Crippen molar-refractivity contribution in [2.75, 3.05) is 6.54 Å². The maximum absolute atomic E-state index is 11.7. The Balaban J connectivity index is 0.00000161. The van der Waals surface area contributed by atoms with Crippen LogP contribution >= 0.6 is 23.7 Å². The highest BCUT2D eigenvalue weighted by Crippen LogP contribution is 2.36. The molecule has 0 spiro atoms. The SMILES string of the molecule is Cl.NC1(c2noc(CCNC(=O)c3cccs3)n2)CCC1. The van der Waals surface area contributed by atoms with Gasteiger partial charge in [-0.3, -0.25) is 4.79 Å². The fraction of sp³-hybridized carbons (Fsp3) is 0.462. The maximum atomic E-state index is 11.7. The van der Waals surface area contributed by atoms with Crippen LogP contribution in [0.25, 0.3) is 0 Å². The van der Waals surface area contributed by atoms with Gasteiger partial charge < -0.3 is 15.6 Å². The van der Waals surface area contributed by atoms with Crippen LogP contribution in [0.5, 0.6) is 0 Å². The third-order valence-corrected chi connectivity index (χ3v) is 4.40. The van der Waals surface area contributed by atoms with Gasteiger partial charge >= 0.3 is 0 Å². The van der Waals surface area contributed by atoms with Crippen LogP contribution in [0.15, 0.2) is 22.0 Å². The fourth-order valence-electron chi connectivity index (χ4n) is 2.12. The molecular formula is C13H17ClN4O2S. The summed E-state index contributed by atoms with van der Waals surface area (Å²) in [5.74, 6) is 1.03. The molecule has 21 heavy (non-hydrogen) atoms. The molecule has 8 heteroatoms. The van der Waals surface area contributed by atoms with Crippen LogP contribution in [0.1, 0.15) is 40.6 Å². The Kier molecular flexibility index (Phi) is 4.97. The van der Waals surface area contributed by atoms with Crippen molar-refractivity contribution in [3.63, 3.8) is 0 Å². The predicted molar refractivity (Wildman–Crippen MR) is 81.6 cm³/mol. The second-order valence-electron chi connectivity index (χ2n) is 5.00. The summed E-state index contributed by atoms with van der Waals surface area (Å²) >= 11 is 1.42. The number of thiophene rings is 1. The number of carbonyl (C=O) groups excluding carboxylic acids is 1. The van der Waals surface area contributed by atoms with E-state index in [4.69, 9.17) is 10.3 Å². The molecule has 1 amide bonds. The summed E-state index contributed by atoms with van der Waals surface area (Å²) in [6.07, 6.45) is 3.43. The Labute approximate surface area is 132 Å². The molecular weight excluding hydrogens is 312 g/mol. The van der Waals surface area contributed by atoms with Crippen molar-refractivity contribution in [3.05, 3.63) is 34.1 Å². The molecule has 0 saturated heterocycles. The Hall–Kier alpha value is -1.44. The van der Waals surface area contributed by atoms with E-state index in [0.29, 0.717) is 29.6 Å². The van der Waals surface area contributed by atoms with Gasteiger partial charge in [0.05, 0.1) is 10.4 Å². The normalized spacial score (nSPS) is 15.9. The monoisotopic (exact) mass is 328 g/mol. The van der Waals surface area contributed by atoms with Crippen LogP contribution in [0.3, 0.4) is 0 Å². The number of hydrogen-bond donors (Lipinski definition) is 2. The van der Waals surface area contributed by atoms with Gasteiger partial charge in [-0.05, 0) is 30.7 Å². The van der Waals surface area contributed by atoms with Crippen molar-refractivity contribution in [2.24, 2.45) is 5.73 Å². The van der Waals surface area contributed by atoms with Gasteiger partial charge in [0, 0.05) is 13.0 Å². The van der Waals surface area contributed by atoms with Gasteiger partial charge in [-0.1, -0.05) is 11.2 Å². The average molecular weight is 329 g/mol. The van der Waals surface area contributed by atoms with Crippen molar-refractivity contribution in [2.45, 2.75) is 31.2 Å². The Morgan fingerprint density at radius 2 is 2.33 bits per heavy atom. The Morgan fingerprint density at radius 1 is 1.52 bits per heavy atom. The molecule has 0 bridgehead atoms. The highest BCUT2D eigenvalue weighted by atomic mass is 35.5. The number of hydrogen-bond acceptors (Lipinski definition) is 6. The number of nitrogens with two attached hydrogens (primary N) is 1. The summed E-state index contributed by atoms with van der Waals surface area (Å²) in [5.41, 5.74) is 5.72. The van der Waals surface area contributed by atoms with E-state index in [1.54, 1.807) is 6.07 Å². The van der Waals surface area contributed by atoms with E-state index >= 15 is 0 Å². The highest BCUT2D eigenvalue weighted by molar-refractivity contribution is 7.12. The zero-order chi connectivity index (χ0) is 14.0. The first-order valence-electron chi connectivity index (χ1n) is 6.61. The molecule has 2 aromatic rings. The van der Waals surface area contributed by atoms with E-state index in [1.165, 1.54) is 11.3 Å². The first-order chi connectivity index (χ1) is 9.67. The highest BCUT2D eigenvalue weighted by Gasteiger charge is 2.38. The molecule has 2 aromatic heterocycles. The maximum Gasteiger partial charge on any atom is 0.261 e. The third kappa shape index (κ3) is 3.42. The summed E-state index contributed by atoms with van der Waals surface area (Å²) < 4.78 is 5.17. The van der Waals surface area contributed by atoms with E-state index < -0.39 is 5.54 Å². The smallest absolute Gasteiger partial charge is 0.261 e. The molecule has 1 saturated carbocycles. The minimum atomic E-state index is -0.401. The minimum absolute atomic E-state index is 0.